The Morgan fingerprint density at radius 1 is 1.15 bits per heavy atom. The number of aliphatic hydroxyl groups excluding tert-OH is 1. The summed E-state index contributed by atoms with van der Waals surface area (Å²) in [6.45, 7) is 6.19. The van der Waals surface area contributed by atoms with E-state index in [-0.39, 0.29) is 19.2 Å². The zero-order valence-corrected chi connectivity index (χ0v) is 15.4. The summed E-state index contributed by atoms with van der Waals surface area (Å²) in [5, 5.41) is 10.4. The van der Waals surface area contributed by atoms with Crippen molar-refractivity contribution in [3.05, 3.63) is 35.9 Å². The van der Waals surface area contributed by atoms with Gasteiger partial charge in [-0.1, -0.05) is 30.3 Å². The van der Waals surface area contributed by atoms with E-state index in [4.69, 9.17) is 9.47 Å². The van der Waals surface area contributed by atoms with Gasteiger partial charge in [-0.25, -0.2) is 9.59 Å². The molecule has 0 spiro atoms. The Hall–Kier alpha value is -2.28. The number of hydrogen-bond donors (Lipinski definition) is 1. The first-order valence-electron chi connectivity index (χ1n) is 8.91. The molecule has 142 valence electrons. The van der Waals surface area contributed by atoms with Gasteiger partial charge >= 0.3 is 12.2 Å². The number of benzene rings is 1. The van der Waals surface area contributed by atoms with E-state index in [0.29, 0.717) is 13.0 Å². The number of likely N-dealkylation sites (tertiary alicyclic amines) is 2. The van der Waals surface area contributed by atoms with Crippen molar-refractivity contribution in [1.82, 2.24) is 9.80 Å². The predicted octanol–water partition coefficient (Wildman–Crippen LogP) is 2.38. The fraction of sp³-hybridized carbons (Fsp3) is 0.579. The van der Waals surface area contributed by atoms with Crippen molar-refractivity contribution in [2.24, 2.45) is 0 Å². The lowest BCUT2D eigenvalue weighted by atomic mass is 10.1. The van der Waals surface area contributed by atoms with E-state index in [2.05, 4.69) is 0 Å². The summed E-state index contributed by atoms with van der Waals surface area (Å²) in [5.74, 6) is 0. The number of carbonyl (C=O) groups is 2. The topological polar surface area (TPSA) is 79.3 Å². The molecule has 3 rings (SSSR count). The molecule has 0 saturated carbocycles. The summed E-state index contributed by atoms with van der Waals surface area (Å²) < 4.78 is 10.8. The minimum atomic E-state index is -0.806. The van der Waals surface area contributed by atoms with Gasteiger partial charge in [0.1, 0.15) is 12.2 Å². The van der Waals surface area contributed by atoms with Gasteiger partial charge < -0.3 is 24.4 Å². The molecule has 1 N–H and O–H groups in total. The first kappa shape index (κ1) is 18.5. The van der Waals surface area contributed by atoms with E-state index in [1.54, 1.807) is 20.8 Å². The van der Waals surface area contributed by atoms with E-state index in [0.717, 1.165) is 5.56 Å². The summed E-state index contributed by atoms with van der Waals surface area (Å²) in [7, 11) is 0. The fourth-order valence-electron chi connectivity index (χ4n) is 3.59. The summed E-state index contributed by atoms with van der Waals surface area (Å²) in [6.07, 6.45) is -1.13. The molecule has 2 aliphatic rings. The van der Waals surface area contributed by atoms with Gasteiger partial charge in [-0.15, -0.1) is 0 Å². The van der Waals surface area contributed by atoms with E-state index in [9.17, 15) is 14.7 Å². The van der Waals surface area contributed by atoms with Gasteiger partial charge in [0.25, 0.3) is 0 Å². The highest BCUT2D eigenvalue weighted by molar-refractivity contribution is 5.72. The number of aliphatic hydroxyl groups is 1. The van der Waals surface area contributed by atoms with Crippen LogP contribution in [0.1, 0.15) is 32.8 Å². The maximum absolute atomic E-state index is 12.5. The third-order valence-corrected chi connectivity index (χ3v) is 4.67. The second-order valence-electron chi connectivity index (χ2n) is 7.78. The number of ether oxygens (including phenoxy) is 2. The molecule has 0 radical (unpaired) electrons. The average molecular weight is 362 g/mol. The maximum Gasteiger partial charge on any atom is 0.410 e. The van der Waals surface area contributed by atoms with Crippen LogP contribution < -0.4 is 0 Å². The Morgan fingerprint density at radius 2 is 1.85 bits per heavy atom. The van der Waals surface area contributed by atoms with E-state index in [1.807, 2.05) is 30.3 Å². The van der Waals surface area contributed by atoms with E-state index < -0.39 is 29.9 Å². The predicted molar refractivity (Wildman–Crippen MR) is 94.5 cm³/mol. The lowest BCUT2D eigenvalue weighted by molar-refractivity contribution is 0.0209. The smallest absolute Gasteiger partial charge is 0.410 e. The average Bonchev–Trinajstić information content (AvgIpc) is 3.14. The largest absolute Gasteiger partial charge is 0.445 e. The van der Waals surface area contributed by atoms with Crippen molar-refractivity contribution in [3.8, 4) is 0 Å². The zero-order chi connectivity index (χ0) is 18.9. The summed E-state index contributed by atoms with van der Waals surface area (Å²) in [4.78, 5) is 27.9. The van der Waals surface area contributed by atoms with Crippen LogP contribution in [-0.4, -0.2) is 64.0 Å². The van der Waals surface area contributed by atoms with Crippen LogP contribution >= 0.6 is 0 Å². The number of hydrogen-bond acceptors (Lipinski definition) is 5. The first-order valence-corrected chi connectivity index (χ1v) is 8.91. The minimum absolute atomic E-state index is 0.159. The normalized spacial score (nSPS) is 25.2. The molecule has 2 amide bonds. The van der Waals surface area contributed by atoms with Gasteiger partial charge in [0, 0.05) is 6.54 Å². The summed E-state index contributed by atoms with van der Waals surface area (Å²) >= 11 is 0. The third kappa shape index (κ3) is 3.93. The Morgan fingerprint density at radius 3 is 2.50 bits per heavy atom. The van der Waals surface area contributed by atoms with Crippen LogP contribution in [-0.2, 0) is 16.1 Å². The SMILES string of the molecule is CC(C)(C)OC(=O)N1C[C@H](O)[C@@H]2C1CCN2C(=O)OCc1ccccc1. The van der Waals surface area contributed by atoms with Crippen molar-refractivity contribution < 1.29 is 24.2 Å². The fourth-order valence-corrected chi connectivity index (χ4v) is 3.59. The Balaban J connectivity index is 1.62. The van der Waals surface area contributed by atoms with Crippen LogP contribution in [0.4, 0.5) is 9.59 Å². The van der Waals surface area contributed by atoms with Crippen LogP contribution in [0.5, 0.6) is 0 Å². The highest BCUT2D eigenvalue weighted by Crippen LogP contribution is 2.33. The molecule has 0 bridgehead atoms. The molecular weight excluding hydrogens is 336 g/mol. The van der Waals surface area contributed by atoms with Gasteiger partial charge in [-0.05, 0) is 32.8 Å². The molecule has 2 saturated heterocycles. The van der Waals surface area contributed by atoms with Crippen molar-refractivity contribution in [2.45, 2.75) is 57.6 Å². The van der Waals surface area contributed by atoms with Crippen LogP contribution in [0.25, 0.3) is 0 Å². The maximum atomic E-state index is 12.5. The van der Waals surface area contributed by atoms with Gasteiger partial charge in [0.2, 0.25) is 0 Å². The van der Waals surface area contributed by atoms with Crippen LogP contribution in [0.15, 0.2) is 30.3 Å². The van der Waals surface area contributed by atoms with Crippen LogP contribution in [0.3, 0.4) is 0 Å². The second-order valence-corrected chi connectivity index (χ2v) is 7.78. The van der Waals surface area contributed by atoms with Gasteiger partial charge in [0.05, 0.1) is 24.7 Å². The molecule has 0 aliphatic carbocycles. The monoisotopic (exact) mass is 362 g/mol. The Kier molecular flexibility index (Phi) is 5.09. The molecule has 2 fully saturated rings. The Bertz CT molecular complexity index is 658. The third-order valence-electron chi connectivity index (χ3n) is 4.67. The standard InChI is InChI=1S/C19H26N2O5/c1-19(2,3)26-18(24)21-11-15(22)16-14(21)9-10-20(16)17(23)25-12-13-7-5-4-6-8-13/h4-8,14-16,22H,9-12H2,1-3H3/t14?,15-,16-/m0/s1. The van der Waals surface area contributed by atoms with Crippen LogP contribution in [0, 0.1) is 0 Å². The van der Waals surface area contributed by atoms with E-state index >= 15 is 0 Å². The molecular formula is C19H26N2O5. The van der Waals surface area contributed by atoms with Crippen LogP contribution in [0.2, 0.25) is 0 Å². The summed E-state index contributed by atoms with van der Waals surface area (Å²) in [6, 6.07) is 8.73. The van der Waals surface area contributed by atoms with E-state index in [1.165, 1.54) is 9.80 Å². The quantitative estimate of drug-likeness (QED) is 0.874. The number of nitrogens with zero attached hydrogens (tertiary/aromatic N) is 2. The lowest BCUT2D eigenvalue weighted by Gasteiger charge is -2.28. The zero-order valence-electron chi connectivity index (χ0n) is 15.4. The lowest BCUT2D eigenvalue weighted by Crippen LogP contribution is -2.45. The molecule has 7 nitrogen and oxygen atoms in total. The molecule has 2 heterocycles. The number of fused-ring (bicyclic) bond motifs is 1. The summed E-state index contributed by atoms with van der Waals surface area (Å²) in [5.41, 5.74) is 0.298. The highest BCUT2D eigenvalue weighted by Gasteiger charge is 2.52. The number of β-amino-alcohol motifs (C(OH)–C–C–N with tert-alkyl or cyclic N) is 1. The van der Waals surface area contributed by atoms with Gasteiger partial charge in [-0.2, -0.15) is 0 Å². The molecule has 2 aliphatic heterocycles. The Labute approximate surface area is 153 Å². The molecule has 3 atom stereocenters. The highest BCUT2D eigenvalue weighted by atomic mass is 16.6. The van der Waals surface area contributed by atoms with Crippen molar-refractivity contribution >= 4 is 12.2 Å². The van der Waals surface area contributed by atoms with Crippen molar-refractivity contribution in [3.63, 3.8) is 0 Å². The number of rotatable bonds is 2. The molecule has 1 aromatic carbocycles. The van der Waals surface area contributed by atoms with Gasteiger partial charge in [-0.3, -0.25) is 0 Å². The molecule has 1 unspecified atom stereocenters. The molecule has 1 aromatic rings. The molecule has 7 heteroatoms. The second kappa shape index (κ2) is 7.15. The number of amides is 2. The van der Waals surface area contributed by atoms with Crippen molar-refractivity contribution in [1.29, 1.82) is 0 Å². The van der Waals surface area contributed by atoms with Crippen molar-refractivity contribution in [2.75, 3.05) is 13.1 Å². The first-order chi connectivity index (χ1) is 12.3. The molecule has 0 aromatic heterocycles. The number of carbonyl (C=O) groups excluding carboxylic acids is 2. The van der Waals surface area contributed by atoms with Gasteiger partial charge in [0.15, 0.2) is 0 Å². The minimum Gasteiger partial charge on any atom is -0.445 e. The molecule has 26 heavy (non-hydrogen) atoms.